The van der Waals surface area contributed by atoms with Crippen molar-refractivity contribution in [2.75, 3.05) is 33.4 Å². The van der Waals surface area contributed by atoms with Gasteiger partial charge in [0.2, 0.25) is 5.91 Å². The molecule has 1 aliphatic heterocycles. The van der Waals surface area contributed by atoms with Crippen LogP contribution in [0, 0.1) is 0 Å². The lowest BCUT2D eigenvalue weighted by atomic mass is 10.1. The molecule has 8 heteroatoms. The third-order valence-electron chi connectivity index (χ3n) is 5.21. The summed E-state index contributed by atoms with van der Waals surface area (Å²) in [6.07, 6.45) is 3.29. The molecule has 0 radical (unpaired) electrons. The van der Waals surface area contributed by atoms with Crippen molar-refractivity contribution in [2.24, 2.45) is 0 Å². The zero-order chi connectivity index (χ0) is 22.8. The number of methoxy groups -OCH3 is 1. The molecule has 1 aliphatic rings. The first kappa shape index (κ1) is 23.1. The number of hydrogen-bond acceptors (Lipinski definition) is 5. The van der Waals surface area contributed by atoms with Gasteiger partial charge in [0.25, 0.3) is 11.8 Å². The minimum Gasteiger partial charge on any atom is -0.497 e. The summed E-state index contributed by atoms with van der Waals surface area (Å²) in [4.78, 5) is 38.3. The number of rotatable bonds is 9. The van der Waals surface area contributed by atoms with Crippen LogP contribution in [0.1, 0.15) is 35.2 Å². The van der Waals surface area contributed by atoms with Gasteiger partial charge in [-0.1, -0.05) is 12.1 Å². The topological polar surface area (TPSA) is 97.0 Å². The van der Waals surface area contributed by atoms with E-state index in [0.717, 1.165) is 31.5 Å². The van der Waals surface area contributed by atoms with E-state index in [0.29, 0.717) is 23.6 Å². The molecule has 0 unspecified atom stereocenters. The zero-order valence-electron chi connectivity index (χ0n) is 18.3. The predicted octanol–water partition coefficient (Wildman–Crippen LogP) is 2.13. The Kier molecular flexibility index (Phi) is 8.48. The number of nitrogens with one attached hydrogen (secondary N) is 2. The van der Waals surface area contributed by atoms with E-state index in [-0.39, 0.29) is 25.0 Å². The zero-order valence-corrected chi connectivity index (χ0v) is 18.3. The van der Waals surface area contributed by atoms with E-state index in [1.165, 1.54) is 6.42 Å². The van der Waals surface area contributed by atoms with Gasteiger partial charge in [-0.05, 0) is 61.2 Å². The Balaban J connectivity index is 1.35. The fourth-order valence-corrected chi connectivity index (χ4v) is 3.36. The largest absolute Gasteiger partial charge is 0.497 e. The lowest BCUT2D eigenvalue weighted by Gasteiger charge is -2.26. The summed E-state index contributed by atoms with van der Waals surface area (Å²) in [6, 6.07) is 14.1. The third kappa shape index (κ3) is 7.01. The maximum absolute atomic E-state index is 12.5. The minimum absolute atomic E-state index is 0.0554. The molecule has 0 bridgehead atoms. The van der Waals surface area contributed by atoms with Crippen LogP contribution in [0.15, 0.2) is 48.5 Å². The van der Waals surface area contributed by atoms with E-state index in [4.69, 9.17) is 9.47 Å². The van der Waals surface area contributed by atoms with Crippen molar-refractivity contribution >= 4 is 17.7 Å². The number of carbonyl (C=O) groups excluding carboxylic acids is 3. The second kappa shape index (κ2) is 11.7. The number of nitrogens with zero attached hydrogens (tertiary/aromatic N) is 1. The quantitative estimate of drug-likeness (QED) is 0.624. The molecular weight excluding hydrogens is 410 g/mol. The molecule has 0 aliphatic carbocycles. The number of carbonyl (C=O) groups is 3. The SMILES string of the molecule is COc1ccc(OCC(=O)NCC(=O)NCc2ccc(C(=O)N3CCCCC3)cc2)cc1. The Morgan fingerprint density at radius 3 is 2.16 bits per heavy atom. The molecular formula is C24H29N3O5. The first-order valence-electron chi connectivity index (χ1n) is 10.7. The van der Waals surface area contributed by atoms with Crippen molar-refractivity contribution < 1.29 is 23.9 Å². The summed E-state index contributed by atoms with van der Waals surface area (Å²) < 4.78 is 10.4. The summed E-state index contributed by atoms with van der Waals surface area (Å²) in [5.74, 6) is 0.585. The molecule has 2 aromatic rings. The van der Waals surface area contributed by atoms with Gasteiger partial charge in [0.15, 0.2) is 6.61 Å². The van der Waals surface area contributed by atoms with Gasteiger partial charge in [-0.2, -0.15) is 0 Å². The van der Waals surface area contributed by atoms with Crippen LogP contribution in [0.5, 0.6) is 11.5 Å². The molecule has 1 fully saturated rings. The monoisotopic (exact) mass is 439 g/mol. The second-order valence-corrected chi connectivity index (χ2v) is 7.57. The summed E-state index contributed by atoms with van der Waals surface area (Å²) in [5, 5.41) is 5.27. The molecule has 2 aromatic carbocycles. The molecule has 32 heavy (non-hydrogen) atoms. The average Bonchev–Trinajstić information content (AvgIpc) is 2.85. The van der Waals surface area contributed by atoms with Crippen molar-refractivity contribution in [2.45, 2.75) is 25.8 Å². The van der Waals surface area contributed by atoms with Crippen LogP contribution in [0.2, 0.25) is 0 Å². The second-order valence-electron chi connectivity index (χ2n) is 7.57. The smallest absolute Gasteiger partial charge is 0.258 e. The molecule has 0 atom stereocenters. The van der Waals surface area contributed by atoms with E-state index >= 15 is 0 Å². The maximum atomic E-state index is 12.5. The molecule has 8 nitrogen and oxygen atoms in total. The molecule has 170 valence electrons. The number of ether oxygens (including phenoxy) is 2. The van der Waals surface area contributed by atoms with Crippen molar-refractivity contribution in [1.29, 1.82) is 0 Å². The average molecular weight is 440 g/mol. The molecule has 3 rings (SSSR count). The van der Waals surface area contributed by atoms with Crippen molar-refractivity contribution in [3.8, 4) is 11.5 Å². The Morgan fingerprint density at radius 2 is 1.50 bits per heavy atom. The van der Waals surface area contributed by atoms with E-state index in [1.807, 2.05) is 17.0 Å². The molecule has 1 heterocycles. The Morgan fingerprint density at radius 1 is 0.844 bits per heavy atom. The van der Waals surface area contributed by atoms with Crippen LogP contribution in [0.3, 0.4) is 0 Å². The summed E-state index contributed by atoms with van der Waals surface area (Å²) in [7, 11) is 1.57. The normalized spacial score (nSPS) is 13.2. The van der Waals surface area contributed by atoms with Gasteiger partial charge in [-0.25, -0.2) is 0 Å². The number of amides is 3. The lowest BCUT2D eigenvalue weighted by Crippen LogP contribution is -2.38. The van der Waals surface area contributed by atoms with Gasteiger partial charge in [0, 0.05) is 25.2 Å². The van der Waals surface area contributed by atoms with Gasteiger partial charge < -0.3 is 25.0 Å². The van der Waals surface area contributed by atoms with E-state index in [9.17, 15) is 14.4 Å². The summed E-state index contributed by atoms with van der Waals surface area (Å²) in [6.45, 7) is 1.61. The fourth-order valence-electron chi connectivity index (χ4n) is 3.36. The fraction of sp³-hybridized carbons (Fsp3) is 0.375. The molecule has 0 aromatic heterocycles. The van der Waals surface area contributed by atoms with Crippen LogP contribution in [-0.4, -0.2) is 56.0 Å². The van der Waals surface area contributed by atoms with Crippen LogP contribution in [0.25, 0.3) is 0 Å². The highest BCUT2D eigenvalue weighted by Gasteiger charge is 2.17. The minimum atomic E-state index is -0.392. The van der Waals surface area contributed by atoms with Crippen LogP contribution in [0.4, 0.5) is 0 Å². The van der Waals surface area contributed by atoms with Crippen molar-refractivity contribution in [1.82, 2.24) is 15.5 Å². The third-order valence-corrected chi connectivity index (χ3v) is 5.21. The molecule has 2 N–H and O–H groups in total. The molecule has 0 saturated carbocycles. The highest BCUT2D eigenvalue weighted by molar-refractivity contribution is 5.94. The van der Waals surface area contributed by atoms with Crippen molar-refractivity contribution in [3.63, 3.8) is 0 Å². The Hall–Kier alpha value is -3.55. The summed E-state index contributed by atoms with van der Waals surface area (Å²) in [5.41, 5.74) is 1.54. The lowest BCUT2D eigenvalue weighted by molar-refractivity contribution is -0.127. The van der Waals surface area contributed by atoms with E-state index < -0.39 is 5.91 Å². The maximum Gasteiger partial charge on any atom is 0.258 e. The first-order chi connectivity index (χ1) is 15.5. The Labute approximate surface area is 187 Å². The van der Waals surface area contributed by atoms with Crippen LogP contribution < -0.4 is 20.1 Å². The van der Waals surface area contributed by atoms with Crippen LogP contribution in [-0.2, 0) is 16.1 Å². The van der Waals surface area contributed by atoms with Gasteiger partial charge >= 0.3 is 0 Å². The molecule has 0 spiro atoms. The highest BCUT2D eigenvalue weighted by Crippen LogP contribution is 2.17. The van der Waals surface area contributed by atoms with E-state index in [1.54, 1.807) is 43.5 Å². The van der Waals surface area contributed by atoms with Gasteiger partial charge in [-0.3, -0.25) is 14.4 Å². The number of hydrogen-bond donors (Lipinski definition) is 2. The predicted molar refractivity (Wildman–Crippen MR) is 120 cm³/mol. The summed E-state index contributed by atoms with van der Waals surface area (Å²) >= 11 is 0. The number of piperidine rings is 1. The number of likely N-dealkylation sites (tertiary alicyclic amines) is 1. The molecule has 3 amide bonds. The Bertz CT molecular complexity index is 906. The van der Waals surface area contributed by atoms with Gasteiger partial charge in [0.05, 0.1) is 13.7 Å². The van der Waals surface area contributed by atoms with Gasteiger partial charge in [0.1, 0.15) is 11.5 Å². The van der Waals surface area contributed by atoms with Crippen LogP contribution >= 0.6 is 0 Å². The highest BCUT2D eigenvalue weighted by atomic mass is 16.5. The van der Waals surface area contributed by atoms with E-state index in [2.05, 4.69) is 10.6 Å². The van der Waals surface area contributed by atoms with Gasteiger partial charge in [-0.15, -0.1) is 0 Å². The first-order valence-corrected chi connectivity index (χ1v) is 10.7. The molecule has 1 saturated heterocycles. The standard InChI is InChI=1S/C24H29N3O5/c1-31-20-9-11-21(12-10-20)32-17-23(29)26-16-22(28)25-15-18-5-7-19(8-6-18)24(30)27-13-3-2-4-14-27/h5-12H,2-4,13-17H2,1H3,(H,25,28)(H,26,29). The van der Waals surface area contributed by atoms with Crippen molar-refractivity contribution in [3.05, 3.63) is 59.7 Å². The number of benzene rings is 2.